The first-order valence-electron chi connectivity index (χ1n) is 6.37. The van der Waals surface area contributed by atoms with Gasteiger partial charge >= 0.3 is 5.97 Å². The molecule has 2 aromatic rings. The van der Waals surface area contributed by atoms with Crippen molar-refractivity contribution in [2.45, 2.75) is 12.8 Å². The number of carbonyl (C=O) groups is 2. The van der Waals surface area contributed by atoms with Gasteiger partial charge in [0.1, 0.15) is 5.82 Å². The van der Waals surface area contributed by atoms with Crippen molar-refractivity contribution in [2.24, 2.45) is 0 Å². The third-order valence-electron chi connectivity index (χ3n) is 2.63. The predicted molar refractivity (Wildman–Crippen MR) is 78.6 cm³/mol. The van der Waals surface area contributed by atoms with Crippen LogP contribution in [0.1, 0.15) is 11.3 Å². The van der Waals surface area contributed by atoms with Crippen LogP contribution in [0.2, 0.25) is 0 Å². The van der Waals surface area contributed by atoms with Crippen LogP contribution < -0.4 is 5.32 Å². The minimum Gasteiger partial charge on any atom is -0.456 e. The molecule has 0 aliphatic heterocycles. The molecule has 21 heavy (non-hydrogen) atoms. The molecule has 110 valence electrons. The van der Waals surface area contributed by atoms with Gasteiger partial charge in [0.05, 0.1) is 6.42 Å². The summed E-state index contributed by atoms with van der Waals surface area (Å²) < 4.78 is 17.8. The third kappa shape index (κ3) is 5.35. The Morgan fingerprint density at radius 1 is 1.24 bits per heavy atom. The molecular formula is C15H14FNO3S. The maximum Gasteiger partial charge on any atom is 0.306 e. The highest BCUT2D eigenvalue weighted by Crippen LogP contribution is 2.11. The first-order valence-corrected chi connectivity index (χ1v) is 7.25. The Labute approximate surface area is 125 Å². The molecule has 2 rings (SSSR count). The van der Waals surface area contributed by atoms with Crippen LogP contribution in [-0.2, 0) is 20.7 Å². The van der Waals surface area contributed by atoms with Crippen molar-refractivity contribution in [3.63, 3.8) is 0 Å². The monoisotopic (exact) mass is 307 g/mol. The first kappa shape index (κ1) is 15.2. The zero-order chi connectivity index (χ0) is 15.1. The van der Waals surface area contributed by atoms with Gasteiger partial charge in [0, 0.05) is 10.6 Å². The summed E-state index contributed by atoms with van der Waals surface area (Å²) in [5.41, 5.74) is 0.328. The molecule has 0 aliphatic rings. The van der Waals surface area contributed by atoms with Gasteiger partial charge in [-0.15, -0.1) is 11.3 Å². The van der Waals surface area contributed by atoms with Crippen LogP contribution in [0.15, 0.2) is 41.8 Å². The smallest absolute Gasteiger partial charge is 0.306 e. The van der Waals surface area contributed by atoms with Crippen LogP contribution in [-0.4, -0.2) is 18.5 Å². The Balaban J connectivity index is 1.69. The molecule has 0 fully saturated rings. The fourth-order valence-corrected chi connectivity index (χ4v) is 2.37. The van der Waals surface area contributed by atoms with E-state index in [-0.39, 0.29) is 13.0 Å². The van der Waals surface area contributed by atoms with E-state index in [9.17, 15) is 14.0 Å². The zero-order valence-electron chi connectivity index (χ0n) is 11.2. The molecule has 6 heteroatoms. The largest absolute Gasteiger partial charge is 0.456 e. The number of hydrogen-bond donors (Lipinski definition) is 1. The van der Waals surface area contributed by atoms with Crippen molar-refractivity contribution in [1.29, 1.82) is 0 Å². The summed E-state index contributed by atoms with van der Waals surface area (Å²) in [5, 5.41) is 4.39. The Morgan fingerprint density at radius 2 is 2.10 bits per heavy atom. The summed E-state index contributed by atoms with van der Waals surface area (Å²) in [4.78, 5) is 24.1. The SMILES string of the molecule is O=C(COC(=O)CCc1cccs1)Nc1cccc(F)c1. The van der Waals surface area contributed by atoms with Gasteiger partial charge in [-0.25, -0.2) is 4.39 Å². The first-order chi connectivity index (χ1) is 10.1. The van der Waals surface area contributed by atoms with Crippen molar-refractivity contribution < 1.29 is 18.7 Å². The van der Waals surface area contributed by atoms with Crippen LogP contribution in [0.4, 0.5) is 10.1 Å². The second-order valence-corrected chi connectivity index (χ2v) is 5.33. The molecule has 0 spiro atoms. The second kappa shape index (κ2) is 7.54. The van der Waals surface area contributed by atoms with Crippen molar-refractivity contribution in [3.05, 3.63) is 52.5 Å². The van der Waals surface area contributed by atoms with E-state index in [1.165, 1.54) is 18.2 Å². The number of carbonyl (C=O) groups excluding carboxylic acids is 2. The fourth-order valence-electron chi connectivity index (χ4n) is 1.66. The molecule has 1 N–H and O–H groups in total. The van der Waals surface area contributed by atoms with Gasteiger partial charge in [0.2, 0.25) is 0 Å². The lowest BCUT2D eigenvalue weighted by molar-refractivity contribution is -0.147. The number of amides is 1. The zero-order valence-corrected chi connectivity index (χ0v) is 12.0. The molecule has 0 atom stereocenters. The molecule has 0 radical (unpaired) electrons. The maximum absolute atomic E-state index is 12.9. The number of nitrogens with one attached hydrogen (secondary N) is 1. The predicted octanol–water partition coefficient (Wildman–Crippen LogP) is 3.00. The number of rotatable bonds is 6. The van der Waals surface area contributed by atoms with Crippen LogP contribution in [0.5, 0.6) is 0 Å². The minimum atomic E-state index is -0.495. The van der Waals surface area contributed by atoms with Gasteiger partial charge in [0.25, 0.3) is 5.91 Å². The average molecular weight is 307 g/mol. The number of anilines is 1. The molecule has 1 aromatic heterocycles. The molecule has 1 amide bonds. The molecule has 4 nitrogen and oxygen atoms in total. The number of ether oxygens (including phenoxy) is 1. The number of benzene rings is 1. The summed E-state index contributed by atoms with van der Waals surface area (Å²) in [6.07, 6.45) is 0.829. The highest BCUT2D eigenvalue weighted by Gasteiger charge is 2.09. The van der Waals surface area contributed by atoms with Gasteiger partial charge in [-0.05, 0) is 36.1 Å². The minimum absolute atomic E-state index is 0.230. The lowest BCUT2D eigenvalue weighted by Crippen LogP contribution is -2.21. The van der Waals surface area contributed by atoms with E-state index in [2.05, 4.69) is 5.32 Å². The topological polar surface area (TPSA) is 55.4 Å². The van der Waals surface area contributed by atoms with E-state index in [0.29, 0.717) is 12.1 Å². The second-order valence-electron chi connectivity index (χ2n) is 4.30. The van der Waals surface area contributed by atoms with Crippen LogP contribution in [0.3, 0.4) is 0 Å². The normalized spacial score (nSPS) is 10.1. The van der Waals surface area contributed by atoms with Crippen molar-refractivity contribution in [2.75, 3.05) is 11.9 Å². The van der Waals surface area contributed by atoms with Crippen LogP contribution in [0.25, 0.3) is 0 Å². The highest BCUT2D eigenvalue weighted by molar-refractivity contribution is 7.09. The molecule has 0 unspecified atom stereocenters. The highest BCUT2D eigenvalue weighted by atomic mass is 32.1. The number of halogens is 1. The lowest BCUT2D eigenvalue weighted by atomic mass is 10.3. The van der Waals surface area contributed by atoms with E-state index in [4.69, 9.17) is 4.74 Å². The Hall–Kier alpha value is -2.21. The van der Waals surface area contributed by atoms with Crippen molar-refractivity contribution >= 4 is 28.9 Å². The summed E-state index contributed by atoms with van der Waals surface area (Å²) in [7, 11) is 0. The Bertz CT molecular complexity index is 613. The van der Waals surface area contributed by atoms with Gasteiger partial charge in [-0.3, -0.25) is 9.59 Å². The van der Waals surface area contributed by atoms with Crippen molar-refractivity contribution in [1.82, 2.24) is 0 Å². The van der Waals surface area contributed by atoms with E-state index in [0.717, 1.165) is 4.88 Å². The van der Waals surface area contributed by atoms with E-state index >= 15 is 0 Å². The molecule has 0 aliphatic carbocycles. The number of hydrogen-bond acceptors (Lipinski definition) is 4. The number of thiophene rings is 1. The quantitative estimate of drug-likeness (QED) is 0.835. The molecule has 0 saturated carbocycles. The van der Waals surface area contributed by atoms with Crippen LogP contribution >= 0.6 is 11.3 Å². The van der Waals surface area contributed by atoms with E-state index < -0.39 is 17.7 Å². The van der Waals surface area contributed by atoms with Gasteiger partial charge in [-0.2, -0.15) is 0 Å². The molecule has 1 aromatic carbocycles. The fraction of sp³-hybridized carbons (Fsp3) is 0.200. The maximum atomic E-state index is 12.9. The summed E-state index contributed by atoms with van der Waals surface area (Å²) >= 11 is 1.57. The summed E-state index contributed by atoms with van der Waals surface area (Å²) in [6, 6.07) is 9.36. The Morgan fingerprint density at radius 3 is 2.81 bits per heavy atom. The van der Waals surface area contributed by atoms with E-state index in [1.54, 1.807) is 17.4 Å². The summed E-state index contributed by atoms with van der Waals surface area (Å²) in [6.45, 7) is -0.375. The molecule has 0 bridgehead atoms. The average Bonchev–Trinajstić information content (AvgIpc) is 2.96. The van der Waals surface area contributed by atoms with Gasteiger partial charge in [0.15, 0.2) is 6.61 Å². The summed E-state index contributed by atoms with van der Waals surface area (Å²) in [5.74, 6) is -1.37. The standard InChI is InChI=1S/C15H14FNO3S/c16-11-3-1-4-12(9-11)17-14(18)10-20-15(19)7-6-13-5-2-8-21-13/h1-5,8-9H,6-7,10H2,(H,17,18). The Kier molecular flexibility index (Phi) is 5.45. The molecular weight excluding hydrogens is 293 g/mol. The van der Waals surface area contributed by atoms with E-state index in [1.807, 2.05) is 17.5 Å². The lowest BCUT2D eigenvalue weighted by Gasteiger charge is -2.06. The number of esters is 1. The number of aryl methyl sites for hydroxylation is 1. The van der Waals surface area contributed by atoms with Gasteiger partial charge in [-0.1, -0.05) is 12.1 Å². The van der Waals surface area contributed by atoms with Crippen LogP contribution in [0, 0.1) is 5.82 Å². The third-order valence-corrected chi connectivity index (χ3v) is 3.56. The van der Waals surface area contributed by atoms with Gasteiger partial charge < -0.3 is 10.1 Å². The molecule has 1 heterocycles. The van der Waals surface area contributed by atoms with Crippen molar-refractivity contribution in [3.8, 4) is 0 Å². The molecule has 0 saturated heterocycles.